The molecule has 0 aliphatic carbocycles. The summed E-state index contributed by atoms with van der Waals surface area (Å²) >= 11 is 0. The van der Waals surface area contributed by atoms with Crippen LogP contribution < -0.4 is 0 Å². The van der Waals surface area contributed by atoms with Gasteiger partial charge in [0.2, 0.25) is 0 Å². The number of carbonyl (C=O) groups excluding carboxylic acids is 1. The number of aromatic carboxylic acids is 1. The van der Waals surface area contributed by atoms with Gasteiger partial charge in [-0.3, -0.25) is 14.2 Å². The van der Waals surface area contributed by atoms with E-state index in [0.717, 1.165) is 17.0 Å². The highest BCUT2D eigenvalue weighted by Gasteiger charge is 2.25. The van der Waals surface area contributed by atoms with Crippen LogP contribution >= 0.6 is 0 Å². The first-order valence-corrected chi connectivity index (χ1v) is 6.73. The average Bonchev–Trinajstić information content (AvgIpc) is 2.94. The summed E-state index contributed by atoms with van der Waals surface area (Å²) in [6.07, 6.45) is 1.32. The third kappa shape index (κ3) is 2.72. The third-order valence-electron chi connectivity index (χ3n) is 3.66. The summed E-state index contributed by atoms with van der Waals surface area (Å²) in [5, 5.41) is 17.4. The number of amides is 1. The smallest absolute Gasteiger partial charge is 0.339 e. The predicted octanol–water partition coefficient (Wildman–Crippen LogP) is 0.741. The molecule has 0 aliphatic heterocycles. The maximum Gasteiger partial charge on any atom is 0.339 e. The molecular weight excluding hydrogens is 286 g/mol. The van der Waals surface area contributed by atoms with Crippen LogP contribution in [0.25, 0.3) is 0 Å². The molecule has 2 aromatic heterocycles. The largest absolute Gasteiger partial charge is 0.478 e. The lowest BCUT2D eigenvalue weighted by Gasteiger charge is -2.16. The van der Waals surface area contributed by atoms with E-state index in [4.69, 9.17) is 5.11 Å². The molecule has 0 unspecified atom stereocenters. The van der Waals surface area contributed by atoms with Gasteiger partial charge in [-0.25, -0.2) is 4.79 Å². The molecule has 0 aromatic carbocycles. The van der Waals surface area contributed by atoms with Gasteiger partial charge < -0.3 is 10.0 Å². The first kappa shape index (κ1) is 15.7. The van der Waals surface area contributed by atoms with Gasteiger partial charge >= 0.3 is 5.97 Å². The lowest BCUT2D eigenvalue weighted by atomic mass is 10.1. The molecule has 118 valence electrons. The standard InChI is InChI=1S/C14H19N5O3/c1-8-10(9(2)19(5)15-8)6-17(3)13(20)12-11(14(21)22)7-18(4)16-12/h7H,6H2,1-5H3,(H,21,22). The van der Waals surface area contributed by atoms with Gasteiger partial charge in [0, 0.05) is 45.1 Å². The van der Waals surface area contributed by atoms with E-state index >= 15 is 0 Å². The Labute approximate surface area is 127 Å². The van der Waals surface area contributed by atoms with Gasteiger partial charge in [0.1, 0.15) is 5.56 Å². The molecule has 0 spiro atoms. The predicted molar refractivity (Wildman–Crippen MR) is 78.6 cm³/mol. The Morgan fingerprint density at radius 1 is 1.27 bits per heavy atom. The average molecular weight is 305 g/mol. The van der Waals surface area contributed by atoms with Crippen molar-refractivity contribution >= 4 is 11.9 Å². The van der Waals surface area contributed by atoms with E-state index in [-0.39, 0.29) is 11.3 Å². The first-order chi connectivity index (χ1) is 10.2. The van der Waals surface area contributed by atoms with Crippen LogP contribution in [0.2, 0.25) is 0 Å². The quantitative estimate of drug-likeness (QED) is 0.899. The molecule has 22 heavy (non-hydrogen) atoms. The molecule has 0 fully saturated rings. The summed E-state index contributed by atoms with van der Waals surface area (Å²) in [6, 6.07) is 0. The molecule has 1 N–H and O–H groups in total. The lowest BCUT2D eigenvalue weighted by Crippen LogP contribution is -2.28. The number of hydrogen-bond acceptors (Lipinski definition) is 4. The summed E-state index contributed by atoms with van der Waals surface area (Å²) in [5.74, 6) is -1.60. The van der Waals surface area contributed by atoms with Crippen molar-refractivity contribution in [2.45, 2.75) is 20.4 Å². The number of aryl methyl sites for hydroxylation is 3. The number of rotatable bonds is 4. The van der Waals surface area contributed by atoms with Crippen LogP contribution in [-0.2, 0) is 20.6 Å². The first-order valence-electron chi connectivity index (χ1n) is 6.73. The molecule has 1 amide bonds. The van der Waals surface area contributed by atoms with Crippen molar-refractivity contribution < 1.29 is 14.7 Å². The number of carboxylic acid groups (broad SMARTS) is 1. The zero-order valence-electron chi connectivity index (χ0n) is 13.3. The third-order valence-corrected chi connectivity index (χ3v) is 3.66. The van der Waals surface area contributed by atoms with Gasteiger partial charge in [0.25, 0.3) is 5.91 Å². The van der Waals surface area contributed by atoms with E-state index in [1.165, 1.54) is 15.8 Å². The molecule has 0 radical (unpaired) electrons. The van der Waals surface area contributed by atoms with Crippen LogP contribution in [0.1, 0.15) is 37.8 Å². The number of carboxylic acids is 1. The Hall–Kier alpha value is -2.64. The normalized spacial score (nSPS) is 10.8. The van der Waals surface area contributed by atoms with E-state index in [1.807, 2.05) is 20.9 Å². The van der Waals surface area contributed by atoms with Crippen molar-refractivity contribution in [2.24, 2.45) is 14.1 Å². The Morgan fingerprint density at radius 3 is 2.41 bits per heavy atom. The second-order valence-corrected chi connectivity index (χ2v) is 5.30. The molecular formula is C14H19N5O3. The van der Waals surface area contributed by atoms with Crippen molar-refractivity contribution in [1.82, 2.24) is 24.5 Å². The highest BCUT2D eigenvalue weighted by Crippen LogP contribution is 2.16. The number of aromatic nitrogens is 4. The van der Waals surface area contributed by atoms with E-state index in [9.17, 15) is 9.59 Å². The van der Waals surface area contributed by atoms with Crippen molar-refractivity contribution in [2.75, 3.05) is 7.05 Å². The minimum Gasteiger partial charge on any atom is -0.478 e. The van der Waals surface area contributed by atoms with Gasteiger partial charge in [-0.15, -0.1) is 0 Å². The van der Waals surface area contributed by atoms with Crippen LogP contribution in [0.15, 0.2) is 6.20 Å². The van der Waals surface area contributed by atoms with Crippen LogP contribution in [0, 0.1) is 13.8 Å². The van der Waals surface area contributed by atoms with Crippen molar-refractivity contribution in [3.63, 3.8) is 0 Å². The van der Waals surface area contributed by atoms with Crippen molar-refractivity contribution in [3.05, 3.63) is 34.4 Å². The number of hydrogen-bond donors (Lipinski definition) is 1. The minimum atomic E-state index is -1.17. The van der Waals surface area contributed by atoms with E-state index < -0.39 is 11.9 Å². The summed E-state index contributed by atoms with van der Waals surface area (Å²) in [4.78, 5) is 25.1. The lowest BCUT2D eigenvalue weighted by molar-refractivity contribution is 0.0679. The van der Waals surface area contributed by atoms with Gasteiger partial charge in [0.15, 0.2) is 5.69 Å². The van der Waals surface area contributed by atoms with E-state index in [0.29, 0.717) is 6.54 Å². The van der Waals surface area contributed by atoms with Crippen LogP contribution in [0.5, 0.6) is 0 Å². The maximum absolute atomic E-state index is 12.5. The SMILES string of the molecule is Cc1nn(C)c(C)c1CN(C)C(=O)c1nn(C)cc1C(=O)O. The molecule has 2 heterocycles. The van der Waals surface area contributed by atoms with Crippen molar-refractivity contribution in [1.29, 1.82) is 0 Å². The maximum atomic E-state index is 12.5. The summed E-state index contributed by atoms with van der Waals surface area (Å²) in [5.41, 5.74) is 2.61. The summed E-state index contributed by atoms with van der Waals surface area (Å²) < 4.78 is 3.08. The van der Waals surface area contributed by atoms with Gasteiger partial charge in [-0.05, 0) is 13.8 Å². The second kappa shape index (κ2) is 5.63. The van der Waals surface area contributed by atoms with Crippen LogP contribution in [0.4, 0.5) is 0 Å². The highest BCUT2D eigenvalue weighted by molar-refractivity contribution is 6.03. The molecule has 2 rings (SSSR count). The molecule has 0 saturated heterocycles. The van der Waals surface area contributed by atoms with E-state index in [1.54, 1.807) is 18.8 Å². The zero-order chi connectivity index (χ0) is 16.6. The van der Waals surface area contributed by atoms with Crippen LogP contribution in [-0.4, -0.2) is 48.5 Å². The Kier molecular flexibility index (Phi) is 4.03. The molecule has 0 bridgehead atoms. The molecule has 0 saturated carbocycles. The van der Waals surface area contributed by atoms with Gasteiger partial charge in [-0.1, -0.05) is 0 Å². The zero-order valence-corrected chi connectivity index (χ0v) is 13.3. The Morgan fingerprint density at radius 2 is 1.91 bits per heavy atom. The van der Waals surface area contributed by atoms with Gasteiger partial charge in [0.05, 0.1) is 5.69 Å². The molecule has 8 nitrogen and oxygen atoms in total. The molecule has 8 heteroatoms. The highest BCUT2D eigenvalue weighted by atomic mass is 16.4. The topological polar surface area (TPSA) is 93.3 Å². The Bertz CT molecular complexity index is 744. The van der Waals surface area contributed by atoms with Crippen LogP contribution in [0.3, 0.4) is 0 Å². The number of nitrogens with zero attached hydrogens (tertiary/aromatic N) is 5. The molecule has 0 atom stereocenters. The molecule has 2 aromatic rings. The fraction of sp³-hybridized carbons (Fsp3) is 0.429. The van der Waals surface area contributed by atoms with Gasteiger partial charge in [-0.2, -0.15) is 10.2 Å². The number of carbonyl (C=O) groups is 2. The Balaban J connectivity index is 2.28. The summed E-state index contributed by atoms with van der Waals surface area (Å²) in [6.45, 7) is 4.15. The summed E-state index contributed by atoms with van der Waals surface area (Å²) in [7, 11) is 5.04. The minimum absolute atomic E-state index is 0.0586. The fourth-order valence-electron chi connectivity index (χ4n) is 2.34. The van der Waals surface area contributed by atoms with E-state index in [2.05, 4.69) is 10.2 Å². The molecule has 0 aliphatic rings. The monoisotopic (exact) mass is 305 g/mol. The second-order valence-electron chi connectivity index (χ2n) is 5.30. The van der Waals surface area contributed by atoms with Crippen molar-refractivity contribution in [3.8, 4) is 0 Å². The fourth-order valence-corrected chi connectivity index (χ4v) is 2.34.